The fourth-order valence-corrected chi connectivity index (χ4v) is 1.89. The van der Waals surface area contributed by atoms with Crippen LogP contribution in [0.5, 0.6) is 5.75 Å². The number of hydrogen-bond acceptors (Lipinski definition) is 4. The number of rotatable bonds is 3. The molecule has 0 amide bonds. The Balaban J connectivity index is 2.21. The maximum atomic E-state index is 5.81. The van der Waals surface area contributed by atoms with E-state index in [2.05, 4.69) is 6.92 Å². The van der Waals surface area contributed by atoms with Gasteiger partial charge in [-0.15, -0.1) is 0 Å². The largest absolute Gasteiger partial charge is 0.497 e. The topological polar surface area (TPSA) is 53.7 Å². The molecule has 0 radical (unpaired) electrons. The van der Waals surface area contributed by atoms with Crippen molar-refractivity contribution in [1.82, 2.24) is 0 Å². The quantitative estimate of drug-likeness (QED) is 0.865. The van der Waals surface area contributed by atoms with Gasteiger partial charge >= 0.3 is 0 Å². The van der Waals surface area contributed by atoms with E-state index in [1.165, 1.54) is 0 Å². The number of hydrogen-bond donors (Lipinski definition) is 1. The zero-order valence-electron chi connectivity index (χ0n) is 10.3. The highest BCUT2D eigenvalue weighted by molar-refractivity contribution is 5.30. The lowest BCUT2D eigenvalue weighted by Gasteiger charge is -2.38. The second-order valence-electron chi connectivity index (χ2n) is 4.41. The van der Waals surface area contributed by atoms with Crippen molar-refractivity contribution in [2.45, 2.75) is 12.7 Å². The third kappa shape index (κ3) is 2.44. The lowest BCUT2D eigenvalue weighted by atomic mass is 10.0. The molecular weight excluding hydrogens is 218 g/mol. The molecule has 2 N–H and O–H groups in total. The molecule has 0 aliphatic carbocycles. The van der Waals surface area contributed by atoms with Crippen LogP contribution in [-0.2, 0) is 15.3 Å². The Morgan fingerprint density at radius 2 is 1.88 bits per heavy atom. The van der Waals surface area contributed by atoms with Crippen LogP contribution in [0.3, 0.4) is 0 Å². The van der Waals surface area contributed by atoms with E-state index in [0.717, 1.165) is 11.3 Å². The molecular formula is C13H19NO3. The SMILES string of the molecule is COc1ccc(C2(CN)OCC(C)CO2)cc1. The lowest BCUT2D eigenvalue weighted by Crippen LogP contribution is -2.46. The van der Waals surface area contributed by atoms with Crippen LogP contribution in [0, 0.1) is 5.92 Å². The molecule has 0 unspecified atom stereocenters. The molecule has 4 nitrogen and oxygen atoms in total. The molecule has 1 aromatic carbocycles. The van der Waals surface area contributed by atoms with Crippen LogP contribution in [0.2, 0.25) is 0 Å². The van der Waals surface area contributed by atoms with Gasteiger partial charge in [0.25, 0.3) is 0 Å². The summed E-state index contributed by atoms with van der Waals surface area (Å²) in [6.45, 7) is 3.74. The Kier molecular flexibility index (Phi) is 3.66. The minimum atomic E-state index is -0.793. The first-order valence-corrected chi connectivity index (χ1v) is 5.82. The van der Waals surface area contributed by atoms with Gasteiger partial charge in [-0.25, -0.2) is 0 Å². The van der Waals surface area contributed by atoms with Crippen LogP contribution >= 0.6 is 0 Å². The first kappa shape index (κ1) is 12.4. The molecule has 17 heavy (non-hydrogen) atoms. The van der Waals surface area contributed by atoms with Gasteiger partial charge in [-0.1, -0.05) is 6.92 Å². The Morgan fingerprint density at radius 1 is 1.29 bits per heavy atom. The summed E-state index contributed by atoms with van der Waals surface area (Å²) in [5, 5.41) is 0. The van der Waals surface area contributed by atoms with Gasteiger partial charge in [0, 0.05) is 11.5 Å². The number of nitrogens with two attached hydrogens (primary N) is 1. The van der Waals surface area contributed by atoms with Crippen LogP contribution in [0.1, 0.15) is 12.5 Å². The van der Waals surface area contributed by atoms with E-state index in [4.69, 9.17) is 19.9 Å². The minimum absolute atomic E-state index is 0.312. The summed E-state index contributed by atoms with van der Waals surface area (Å²) in [5.74, 6) is 0.428. The Hall–Kier alpha value is -1.10. The molecule has 1 fully saturated rings. The highest BCUT2D eigenvalue weighted by Crippen LogP contribution is 2.32. The number of methoxy groups -OCH3 is 1. The van der Waals surface area contributed by atoms with Gasteiger partial charge in [-0.2, -0.15) is 0 Å². The van der Waals surface area contributed by atoms with Crippen molar-refractivity contribution in [1.29, 1.82) is 0 Å². The van der Waals surface area contributed by atoms with Crippen molar-refractivity contribution in [3.05, 3.63) is 29.8 Å². The Morgan fingerprint density at radius 3 is 2.35 bits per heavy atom. The van der Waals surface area contributed by atoms with E-state index in [0.29, 0.717) is 25.7 Å². The second kappa shape index (κ2) is 5.04. The van der Waals surface area contributed by atoms with Gasteiger partial charge in [-0.3, -0.25) is 0 Å². The molecule has 0 aromatic heterocycles. The molecule has 2 rings (SSSR count). The highest BCUT2D eigenvalue weighted by Gasteiger charge is 2.37. The van der Waals surface area contributed by atoms with Crippen molar-refractivity contribution in [3.8, 4) is 5.75 Å². The summed E-state index contributed by atoms with van der Waals surface area (Å²) in [4.78, 5) is 0. The molecule has 1 aliphatic heterocycles. The van der Waals surface area contributed by atoms with Gasteiger partial charge in [0.05, 0.1) is 26.9 Å². The smallest absolute Gasteiger partial charge is 0.207 e. The Labute approximate surface area is 102 Å². The van der Waals surface area contributed by atoms with Crippen LogP contribution in [0.15, 0.2) is 24.3 Å². The average Bonchev–Trinajstić information content (AvgIpc) is 2.40. The van der Waals surface area contributed by atoms with Crippen LogP contribution in [0.25, 0.3) is 0 Å². The van der Waals surface area contributed by atoms with Crippen LogP contribution in [0.4, 0.5) is 0 Å². The van der Waals surface area contributed by atoms with E-state index >= 15 is 0 Å². The third-order valence-electron chi connectivity index (χ3n) is 3.00. The summed E-state index contributed by atoms with van der Waals surface area (Å²) in [6.07, 6.45) is 0. The highest BCUT2D eigenvalue weighted by atomic mass is 16.7. The summed E-state index contributed by atoms with van der Waals surface area (Å²) in [7, 11) is 1.64. The molecule has 1 heterocycles. The number of benzene rings is 1. The fraction of sp³-hybridized carbons (Fsp3) is 0.538. The van der Waals surface area contributed by atoms with Gasteiger partial charge in [0.1, 0.15) is 5.75 Å². The zero-order valence-corrected chi connectivity index (χ0v) is 10.3. The summed E-state index contributed by atoms with van der Waals surface area (Å²) < 4.78 is 16.7. The van der Waals surface area contributed by atoms with E-state index in [1.54, 1.807) is 7.11 Å². The molecule has 0 atom stereocenters. The molecule has 0 saturated carbocycles. The van der Waals surface area contributed by atoms with E-state index in [1.807, 2.05) is 24.3 Å². The van der Waals surface area contributed by atoms with Crippen molar-refractivity contribution in [3.63, 3.8) is 0 Å². The van der Waals surface area contributed by atoms with Crippen molar-refractivity contribution >= 4 is 0 Å². The standard InChI is InChI=1S/C13H19NO3/c1-10-7-16-13(9-14,17-8-10)11-3-5-12(15-2)6-4-11/h3-6,10H,7-9,14H2,1-2H3. The normalized spacial score (nSPS) is 29.0. The van der Waals surface area contributed by atoms with E-state index in [-0.39, 0.29) is 0 Å². The first-order chi connectivity index (χ1) is 8.20. The lowest BCUT2D eigenvalue weighted by molar-refractivity contribution is -0.284. The van der Waals surface area contributed by atoms with Gasteiger partial charge < -0.3 is 19.9 Å². The molecule has 1 aliphatic rings. The molecule has 0 spiro atoms. The summed E-state index contributed by atoms with van der Waals surface area (Å²) in [6, 6.07) is 7.64. The van der Waals surface area contributed by atoms with Gasteiger partial charge in [0.15, 0.2) is 0 Å². The molecule has 94 valence electrons. The molecule has 1 aromatic rings. The summed E-state index contributed by atoms with van der Waals surface area (Å²) in [5.41, 5.74) is 6.74. The predicted molar refractivity (Wildman–Crippen MR) is 64.8 cm³/mol. The maximum absolute atomic E-state index is 5.81. The van der Waals surface area contributed by atoms with Gasteiger partial charge in [0.2, 0.25) is 5.79 Å². The molecule has 1 saturated heterocycles. The fourth-order valence-electron chi connectivity index (χ4n) is 1.89. The van der Waals surface area contributed by atoms with Crippen LogP contribution < -0.4 is 10.5 Å². The predicted octanol–water partition coefficient (Wildman–Crippen LogP) is 1.49. The monoisotopic (exact) mass is 237 g/mol. The van der Waals surface area contributed by atoms with Crippen LogP contribution in [-0.4, -0.2) is 26.9 Å². The Bertz CT molecular complexity index is 355. The van der Waals surface area contributed by atoms with Crippen molar-refractivity contribution in [2.24, 2.45) is 11.7 Å². The van der Waals surface area contributed by atoms with Crippen molar-refractivity contribution in [2.75, 3.05) is 26.9 Å². The van der Waals surface area contributed by atoms with E-state index in [9.17, 15) is 0 Å². The average molecular weight is 237 g/mol. The molecule has 0 bridgehead atoms. The zero-order chi connectivity index (χ0) is 12.3. The van der Waals surface area contributed by atoms with E-state index < -0.39 is 5.79 Å². The first-order valence-electron chi connectivity index (χ1n) is 5.82. The maximum Gasteiger partial charge on any atom is 0.207 e. The molecule has 4 heteroatoms. The number of ether oxygens (including phenoxy) is 3. The summed E-state index contributed by atoms with van der Waals surface area (Å²) >= 11 is 0. The third-order valence-corrected chi connectivity index (χ3v) is 3.00. The minimum Gasteiger partial charge on any atom is -0.497 e. The van der Waals surface area contributed by atoms with Gasteiger partial charge in [-0.05, 0) is 24.3 Å². The van der Waals surface area contributed by atoms with Crippen molar-refractivity contribution < 1.29 is 14.2 Å². The second-order valence-corrected chi connectivity index (χ2v) is 4.41.